The van der Waals surface area contributed by atoms with Crippen molar-refractivity contribution in [2.75, 3.05) is 0 Å². The number of nitrogens with zero attached hydrogens (tertiary/aromatic N) is 3. The van der Waals surface area contributed by atoms with Gasteiger partial charge in [0.2, 0.25) is 5.82 Å². The van der Waals surface area contributed by atoms with Gasteiger partial charge in [0.25, 0.3) is 0 Å². The molecule has 0 aliphatic carbocycles. The number of hydrogen-bond donors (Lipinski definition) is 0. The molecule has 1 atom stereocenters. The van der Waals surface area contributed by atoms with Crippen molar-refractivity contribution in [2.45, 2.75) is 13.0 Å². The Hall–Kier alpha value is -2.12. The summed E-state index contributed by atoms with van der Waals surface area (Å²) in [7, 11) is 0. The molecule has 0 bridgehead atoms. The molecular formula is C13H10ClN3O. The number of halogens is 1. The quantitative estimate of drug-likeness (QED) is 0.797. The Kier molecular flexibility index (Phi) is 3.45. The summed E-state index contributed by atoms with van der Waals surface area (Å²) in [5, 5.41) is 9.47. The van der Waals surface area contributed by atoms with Crippen LogP contribution in [0.3, 0.4) is 0 Å². The molecule has 0 radical (unpaired) electrons. The fourth-order valence-electron chi connectivity index (χ4n) is 1.69. The molecule has 0 aliphatic heterocycles. The smallest absolute Gasteiger partial charge is 0.213 e. The molecule has 0 saturated carbocycles. The van der Waals surface area contributed by atoms with E-state index in [2.05, 4.69) is 4.98 Å². The minimum atomic E-state index is -0.469. The third-order valence-corrected chi connectivity index (χ3v) is 2.95. The summed E-state index contributed by atoms with van der Waals surface area (Å²) in [4.78, 5) is 16.1. The van der Waals surface area contributed by atoms with Gasteiger partial charge in [-0.05, 0) is 31.2 Å². The highest BCUT2D eigenvalue weighted by Crippen LogP contribution is 2.17. The maximum atomic E-state index is 12.2. The average molecular weight is 260 g/mol. The lowest BCUT2D eigenvalue weighted by Gasteiger charge is -2.12. The van der Waals surface area contributed by atoms with Crippen LogP contribution in [0.25, 0.3) is 0 Å². The van der Waals surface area contributed by atoms with Crippen LogP contribution in [0.15, 0.2) is 36.7 Å². The molecule has 1 heterocycles. The molecule has 0 aliphatic rings. The van der Waals surface area contributed by atoms with Crippen molar-refractivity contribution < 1.29 is 4.79 Å². The standard InChI is InChI=1S/C13H10ClN3O/c1-9(17-7-6-16-12(17)8-15)13(18)10-2-4-11(14)5-3-10/h2-7,9H,1H3. The molecule has 0 amide bonds. The van der Waals surface area contributed by atoms with Gasteiger partial charge in [-0.3, -0.25) is 4.79 Å². The van der Waals surface area contributed by atoms with Crippen molar-refractivity contribution in [1.29, 1.82) is 5.26 Å². The Labute approximate surface area is 109 Å². The van der Waals surface area contributed by atoms with Gasteiger partial charge in [0.05, 0.1) is 6.04 Å². The summed E-state index contributed by atoms with van der Waals surface area (Å²) in [6.45, 7) is 1.74. The highest BCUT2D eigenvalue weighted by atomic mass is 35.5. The largest absolute Gasteiger partial charge is 0.312 e. The molecule has 2 aromatic rings. The van der Waals surface area contributed by atoms with E-state index in [-0.39, 0.29) is 11.6 Å². The SMILES string of the molecule is CC(C(=O)c1ccc(Cl)cc1)n1ccnc1C#N. The Morgan fingerprint density at radius 2 is 2.11 bits per heavy atom. The summed E-state index contributed by atoms with van der Waals surface area (Å²) in [5.74, 6) is 0.144. The zero-order valence-electron chi connectivity index (χ0n) is 9.67. The maximum Gasteiger partial charge on any atom is 0.213 e. The van der Waals surface area contributed by atoms with Crippen LogP contribution in [0, 0.1) is 11.3 Å². The fraction of sp³-hybridized carbons (Fsp3) is 0.154. The van der Waals surface area contributed by atoms with E-state index in [1.807, 2.05) is 6.07 Å². The van der Waals surface area contributed by atoms with Gasteiger partial charge in [0, 0.05) is 23.0 Å². The molecular weight excluding hydrogens is 250 g/mol. The van der Waals surface area contributed by atoms with Crippen LogP contribution in [-0.2, 0) is 0 Å². The van der Waals surface area contributed by atoms with E-state index in [9.17, 15) is 4.79 Å². The lowest BCUT2D eigenvalue weighted by molar-refractivity contribution is 0.0934. The van der Waals surface area contributed by atoms with Gasteiger partial charge in [-0.25, -0.2) is 4.98 Å². The van der Waals surface area contributed by atoms with Crippen LogP contribution in [0.5, 0.6) is 0 Å². The molecule has 4 nitrogen and oxygen atoms in total. The first-order chi connectivity index (χ1) is 8.63. The molecule has 1 aromatic carbocycles. The van der Waals surface area contributed by atoms with Gasteiger partial charge in [-0.1, -0.05) is 11.6 Å². The first kappa shape index (κ1) is 12.3. The van der Waals surface area contributed by atoms with Crippen molar-refractivity contribution in [1.82, 2.24) is 9.55 Å². The monoisotopic (exact) mass is 259 g/mol. The van der Waals surface area contributed by atoms with E-state index < -0.39 is 6.04 Å². The molecule has 18 heavy (non-hydrogen) atoms. The van der Waals surface area contributed by atoms with Crippen LogP contribution in [-0.4, -0.2) is 15.3 Å². The summed E-state index contributed by atoms with van der Waals surface area (Å²) < 4.78 is 1.55. The minimum absolute atomic E-state index is 0.0823. The molecule has 1 unspecified atom stereocenters. The summed E-state index contributed by atoms with van der Waals surface area (Å²) >= 11 is 5.77. The molecule has 0 fully saturated rings. The predicted octanol–water partition coefficient (Wildman–Crippen LogP) is 2.85. The van der Waals surface area contributed by atoms with E-state index in [1.54, 1.807) is 42.0 Å². The summed E-state index contributed by atoms with van der Waals surface area (Å²) in [6, 6.07) is 8.16. The summed E-state index contributed by atoms with van der Waals surface area (Å²) in [5.41, 5.74) is 0.560. The van der Waals surface area contributed by atoms with Crippen LogP contribution in [0.1, 0.15) is 29.1 Å². The number of imidazole rings is 1. The number of ketones is 1. The second-order valence-corrected chi connectivity index (χ2v) is 4.25. The number of carbonyl (C=O) groups is 1. The number of Topliss-reactive ketones (excluding diaryl/α,β-unsaturated/α-hetero) is 1. The van der Waals surface area contributed by atoms with Crippen LogP contribution >= 0.6 is 11.6 Å². The molecule has 0 spiro atoms. The van der Waals surface area contributed by atoms with Crippen LogP contribution in [0.2, 0.25) is 5.02 Å². The Balaban J connectivity index is 2.30. The average Bonchev–Trinajstić information content (AvgIpc) is 2.86. The first-order valence-electron chi connectivity index (χ1n) is 5.36. The van der Waals surface area contributed by atoms with Gasteiger partial charge in [0.15, 0.2) is 5.78 Å². The van der Waals surface area contributed by atoms with Gasteiger partial charge in [-0.2, -0.15) is 5.26 Å². The number of carbonyl (C=O) groups excluding carboxylic acids is 1. The van der Waals surface area contributed by atoms with E-state index >= 15 is 0 Å². The summed E-state index contributed by atoms with van der Waals surface area (Å²) in [6.07, 6.45) is 3.13. The van der Waals surface area contributed by atoms with E-state index in [0.717, 1.165) is 0 Å². The topological polar surface area (TPSA) is 58.7 Å². The van der Waals surface area contributed by atoms with Gasteiger partial charge in [0.1, 0.15) is 6.07 Å². The van der Waals surface area contributed by atoms with Crippen molar-refractivity contribution in [3.05, 3.63) is 53.1 Å². The van der Waals surface area contributed by atoms with Gasteiger partial charge in [-0.15, -0.1) is 0 Å². The van der Waals surface area contributed by atoms with Crippen molar-refractivity contribution in [3.63, 3.8) is 0 Å². The molecule has 1 aromatic heterocycles. The van der Waals surface area contributed by atoms with E-state index in [1.165, 1.54) is 6.20 Å². The molecule has 2 rings (SSSR count). The number of rotatable bonds is 3. The minimum Gasteiger partial charge on any atom is -0.312 e. The van der Waals surface area contributed by atoms with Crippen LogP contribution in [0.4, 0.5) is 0 Å². The molecule has 0 N–H and O–H groups in total. The number of aromatic nitrogens is 2. The van der Waals surface area contributed by atoms with Crippen molar-refractivity contribution >= 4 is 17.4 Å². The first-order valence-corrected chi connectivity index (χ1v) is 5.74. The predicted molar refractivity (Wildman–Crippen MR) is 67.4 cm³/mol. The zero-order chi connectivity index (χ0) is 13.1. The van der Waals surface area contributed by atoms with Crippen molar-refractivity contribution in [3.8, 4) is 6.07 Å². The molecule has 90 valence electrons. The number of benzene rings is 1. The number of nitriles is 1. The van der Waals surface area contributed by atoms with Crippen LogP contribution < -0.4 is 0 Å². The molecule has 0 saturated heterocycles. The zero-order valence-corrected chi connectivity index (χ0v) is 10.4. The highest BCUT2D eigenvalue weighted by molar-refractivity contribution is 6.30. The fourth-order valence-corrected chi connectivity index (χ4v) is 1.82. The highest BCUT2D eigenvalue weighted by Gasteiger charge is 2.19. The normalized spacial score (nSPS) is 11.8. The van der Waals surface area contributed by atoms with E-state index in [4.69, 9.17) is 16.9 Å². The third-order valence-electron chi connectivity index (χ3n) is 2.69. The Morgan fingerprint density at radius 1 is 1.44 bits per heavy atom. The lowest BCUT2D eigenvalue weighted by atomic mass is 10.1. The second-order valence-electron chi connectivity index (χ2n) is 3.82. The maximum absolute atomic E-state index is 12.2. The second kappa shape index (κ2) is 5.03. The molecule has 5 heteroatoms. The van der Waals surface area contributed by atoms with Crippen molar-refractivity contribution in [2.24, 2.45) is 0 Å². The number of hydrogen-bond acceptors (Lipinski definition) is 3. The lowest BCUT2D eigenvalue weighted by Crippen LogP contribution is -2.17. The van der Waals surface area contributed by atoms with Gasteiger partial charge < -0.3 is 4.57 Å². The van der Waals surface area contributed by atoms with Gasteiger partial charge >= 0.3 is 0 Å². The third kappa shape index (κ3) is 2.27. The van der Waals surface area contributed by atoms with E-state index in [0.29, 0.717) is 10.6 Å². The Bertz CT molecular complexity index is 610. The Morgan fingerprint density at radius 3 is 2.72 bits per heavy atom.